The number of halogens is 3. The minimum absolute atomic E-state index is 0.0368. The third-order valence-electron chi connectivity index (χ3n) is 5.73. The largest absolute Gasteiger partial charge is 0.457 e. The van der Waals surface area contributed by atoms with Crippen LogP contribution in [-0.2, 0) is 34.7 Å². The van der Waals surface area contributed by atoms with Gasteiger partial charge < -0.3 is 9.64 Å². The van der Waals surface area contributed by atoms with Gasteiger partial charge in [0.2, 0.25) is 0 Å². The highest BCUT2D eigenvalue weighted by molar-refractivity contribution is 8.00. The van der Waals surface area contributed by atoms with Crippen LogP contribution in [-0.4, -0.2) is 32.4 Å². The van der Waals surface area contributed by atoms with Gasteiger partial charge in [-0.1, -0.05) is 32.9 Å². The van der Waals surface area contributed by atoms with Crippen molar-refractivity contribution in [3.05, 3.63) is 70.9 Å². The maximum Gasteiger partial charge on any atom is 0.416 e. The van der Waals surface area contributed by atoms with Crippen LogP contribution in [0.1, 0.15) is 50.8 Å². The van der Waals surface area contributed by atoms with E-state index in [1.807, 2.05) is 32.9 Å². The van der Waals surface area contributed by atoms with Crippen molar-refractivity contribution in [2.45, 2.75) is 53.3 Å². The Bertz CT molecular complexity index is 1170. The number of benzene rings is 2. The van der Waals surface area contributed by atoms with Gasteiger partial charge in [-0.05, 0) is 67.3 Å². The normalized spacial score (nSPS) is 15.6. The lowest BCUT2D eigenvalue weighted by Crippen LogP contribution is -2.37. The zero-order chi connectivity index (χ0) is 26.5. The zero-order valence-electron chi connectivity index (χ0n) is 20.9. The van der Waals surface area contributed by atoms with Crippen LogP contribution in [0.25, 0.3) is 0 Å². The number of hydrogen-bond acceptors (Lipinski definition) is 4. The Morgan fingerprint density at radius 2 is 1.81 bits per heavy atom. The van der Waals surface area contributed by atoms with Gasteiger partial charge in [-0.25, -0.2) is 4.99 Å². The second-order valence-corrected chi connectivity index (χ2v) is 10.4. The molecule has 1 aliphatic heterocycles. The van der Waals surface area contributed by atoms with Crippen LogP contribution in [0.2, 0.25) is 0 Å². The number of rotatable bonds is 7. The van der Waals surface area contributed by atoms with Gasteiger partial charge in [0.05, 0.1) is 16.4 Å². The summed E-state index contributed by atoms with van der Waals surface area (Å²) in [4.78, 5) is 19.5. The first-order valence-electron chi connectivity index (χ1n) is 11.9. The Balaban J connectivity index is 1.72. The van der Waals surface area contributed by atoms with Gasteiger partial charge in [-0.15, -0.1) is 0 Å². The van der Waals surface area contributed by atoms with Crippen LogP contribution in [0.4, 0.5) is 13.2 Å². The first-order valence-corrected chi connectivity index (χ1v) is 13.2. The second kappa shape index (κ2) is 11.9. The molecule has 0 fully saturated rings. The van der Waals surface area contributed by atoms with Crippen LogP contribution >= 0.6 is 0 Å². The van der Waals surface area contributed by atoms with Gasteiger partial charge in [0.25, 0.3) is 5.91 Å². The van der Waals surface area contributed by atoms with E-state index in [-0.39, 0.29) is 17.5 Å². The number of hydrogen-bond donors (Lipinski definition) is 0. The molecule has 1 aliphatic rings. The van der Waals surface area contributed by atoms with Crippen LogP contribution in [0, 0.1) is 5.92 Å². The third kappa shape index (κ3) is 6.84. The molecule has 0 saturated carbocycles. The minimum Gasteiger partial charge on any atom is -0.457 e. The summed E-state index contributed by atoms with van der Waals surface area (Å²) in [6, 6.07) is 10.0. The number of fused-ring (bicyclic) bond motifs is 1. The molecule has 0 saturated heterocycles. The van der Waals surface area contributed by atoms with E-state index in [0.717, 1.165) is 29.7 Å². The summed E-state index contributed by atoms with van der Waals surface area (Å²) in [5, 5.41) is 0.528. The molecule has 9 heteroatoms. The lowest BCUT2D eigenvalue weighted by atomic mass is 9.99. The predicted octanol–water partition coefficient (Wildman–Crippen LogP) is 6.50. The van der Waals surface area contributed by atoms with Gasteiger partial charge in [0.15, 0.2) is 0 Å². The van der Waals surface area contributed by atoms with E-state index in [1.165, 1.54) is 12.1 Å². The van der Waals surface area contributed by atoms with Gasteiger partial charge in [0, 0.05) is 24.8 Å². The predicted molar refractivity (Wildman–Crippen MR) is 136 cm³/mol. The number of carbonyl (C=O) groups is 1. The van der Waals surface area contributed by atoms with Crippen molar-refractivity contribution in [3.8, 4) is 11.5 Å². The van der Waals surface area contributed by atoms with E-state index in [4.69, 9.17) is 4.74 Å². The van der Waals surface area contributed by atoms with Gasteiger partial charge >= 0.3 is 6.18 Å². The smallest absolute Gasteiger partial charge is 0.416 e. The standard InChI is InChI=1S/C27H31F3N2O3S/c1-5-15-36(34)25(18(3)4)31-24(6-2)26(33)32-14-13-19-16-23(10-7-20(19)17-32)35-22-11-8-21(9-12-22)27(28,29)30/h6-12,16,18H,5,13-15,17H2,1-4H3/b24-6-,31-25?. The Kier molecular flexibility index (Phi) is 9.11. The van der Waals surface area contributed by atoms with Crippen LogP contribution < -0.4 is 4.74 Å². The zero-order valence-corrected chi connectivity index (χ0v) is 21.7. The number of aliphatic imine (C=N–C) groups is 1. The second-order valence-electron chi connectivity index (χ2n) is 8.86. The molecule has 1 amide bonds. The van der Waals surface area contributed by atoms with E-state index in [1.54, 1.807) is 24.0 Å². The third-order valence-corrected chi connectivity index (χ3v) is 7.54. The molecule has 0 aromatic heterocycles. The lowest BCUT2D eigenvalue weighted by molar-refractivity contribution is -0.137. The Labute approximate surface area is 212 Å². The van der Waals surface area contributed by atoms with E-state index >= 15 is 0 Å². The first kappa shape index (κ1) is 27.6. The monoisotopic (exact) mass is 520 g/mol. The summed E-state index contributed by atoms with van der Waals surface area (Å²) in [5.74, 6) is 1.10. The molecule has 5 nitrogen and oxygen atoms in total. The number of carbonyl (C=O) groups excluding carboxylic acids is 1. The van der Waals surface area contributed by atoms with E-state index < -0.39 is 22.5 Å². The quantitative estimate of drug-likeness (QED) is 0.238. The van der Waals surface area contributed by atoms with Gasteiger partial charge in [-0.3, -0.25) is 9.00 Å². The summed E-state index contributed by atoms with van der Waals surface area (Å²) in [5.41, 5.74) is 1.54. The summed E-state index contributed by atoms with van der Waals surface area (Å²) in [6.45, 7) is 8.44. The fourth-order valence-electron chi connectivity index (χ4n) is 3.86. The highest BCUT2D eigenvalue weighted by Crippen LogP contribution is 2.32. The number of ether oxygens (including phenoxy) is 1. The highest BCUT2D eigenvalue weighted by Gasteiger charge is 2.30. The van der Waals surface area contributed by atoms with E-state index in [9.17, 15) is 22.2 Å². The van der Waals surface area contributed by atoms with Crippen molar-refractivity contribution in [3.63, 3.8) is 0 Å². The van der Waals surface area contributed by atoms with Crippen LogP contribution in [0.3, 0.4) is 0 Å². The van der Waals surface area contributed by atoms with E-state index in [2.05, 4.69) is 4.99 Å². The fourth-order valence-corrected chi connectivity index (χ4v) is 5.17. The summed E-state index contributed by atoms with van der Waals surface area (Å²) < 4.78 is 56.6. The van der Waals surface area contributed by atoms with Crippen molar-refractivity contribution < 1.29 is 26.9 Å². The van der Waals surface area contributed by atoms with Crippen molar-refractivity contribution in [1.82, 2.24) is 4.90 Å². The molecule has 0 bridgehead atoms. The molecule has 1 atom stereocenters. The summed E-state index contributed by atoms with van der Waals surface area (Å²) in [6.07, 6.45) is -1.37. The van der Waals surface area contributed by atoms with Crippen LogP contribution in [0.5, 0.6) is 11.5 Å². The van der Waals surface area contributed by atoms with Crippen LogP contribution in [0.15, 0.2) is 59.2 Å². The molecule has 3 rings (SSSR count). The number of amides is 1. The summed E-state index contributed by atoms with van der Waals surface area (Å²) >= 11 is 0. The SMILES string of the molecule is C/C=C(\N=C(C(C)C)S(=O)CCC)C(=O)N1CCc2cc(Oc3ccc(C(F)(F)F)cc3)ccc2C1. The highest BCUT2D eigenvalue weighted by atomic mass is 32.2. The molecule has 0 aliphatic carbocycles. The Morgan fingerprint density at radius 1 is 1.14 bits per heavy atom. The fraction of sp³-hybridized carbons (Fsp3) is 0.407. The molecule has 2 aromatic carbocycles. The summed E-state index contributed by atoms with van der Waals surface area (Å²) in [7, 11) is -1.22. The number of nitrogens with zero attached hydrogens (tertiary/aromatic N) is 2. The Hall–Kier alpha value is -2.94. The average Bonchev–Trinajstić information content (AvgIpc) is 2.83. The average molecular weight is 521 g/mol. The molecule has 194 valence electrons. The molecular formula is C27H31F3N2O3S. The maximum atomic E-state index is 13.2. The number of alkyl halides is 3. The lowest BCUT2D eigenvalue weighted by Gasteiger charge is -2.29. The van der Waals surface area contributed by atoms with Crippen molar-refractivity contribution >= 4 is 21.8 Å². The van der Waals surface area contributed by atoms with Crippen molar-refractivity contribution in [1.29, 1.82) is 0 Å². The van der Waals surface area contributed by atoms with E-state index in [0.29, 0.717) is 41.8 Å². The topological polar surface area (TPSA) is 59.0 Å². The Morgan fingerprint density at radius 3 is 2.39 bits per heavy atom. The molecule has 0 N–H and O–H groups in total. The van der Waals surface area contributed by atoms with Crippen molar-refractivity contribution in [2.24, 2.45) is 10.9 Å². The number of allylic oxidation sites excluding steroid dienone is 1. The molecule has 36 heavy (non-hydrogen) atoms. The maximum absolute atomic E-state index is 13.2. The molecule has 1 heterocycles. The van der Waals surface area contributed by atoms with Gasteiger partial charge in [0.1, 0.15) is 22.2 Å². The van der Waals surface area contributed by atoms with Gasteiger partial charge in [-0.2, -0.15) is 13.2 Å². The molecular weight excluding hydrogens is 489 g/mol. The minimum atomic E-state index is -4.39. The molecule has 0 radical (unpaired) electrons. The first-order chi connectivity index (χ1) is 17.0. The molecule has 2 aromatic rings. The molecule has 1 unspecified atom stereocenters. The van der Waals surface area contributed by atoms with Crippen molar-refractivity contribution in [2.75, 3.05) is 12.3 Å². The molecule has 0 spiro atoms.